The van der Waals surface area contributed by atoms with E-state index in [1.165, 1.54) is 18.0 Å². The van der Waals surface area contributed by atoms with Gasteiger partial charge in [-0.3, -0.25) is 4.79 Å². The number of carbonyl (C=O) groups is 2. The van der Waals surface area contributed by atoms with Gasteiger partial charge in [0.2, 0.25) is 0 Å². The number of nitriles is 1. The van der Waals surface area contributed by atoms with Gasteiger partial charge in [-0.25, -0.2) is 4.79 Å². The minimum absolute atomic E-state index is 0.121. The predicted molar refractivity (Wildman–Crippen MR) is 74.6 cm³/mol. The zero-order valence-electron chi connectivity index (χ0n) is 11.1. The number of carboxylic acid groups (broad SMARTS) is 1. The van der Waals surface area contributed by atoms with Crippen LogP contribution >= 0.6 is 11.8 Å². The summed E-state index contributed by atoms with van der Waals surface area (Å²) in [6, 6.07) is 0.953. The Morgan fingerprint density at radius 2 is 2.21 bits per heavy atom. The highest BCUT2D eigenvalue weighted by Crippen LogP contribution is 2.02. The largest absolute Gasteiger partial charge is 0.480 e. The molecule has 0 heterocycles. The Morgan fingerprint density at radius 1 is 1.53 bits per heavy atom. The van der Waals surface area contributed by atoms with E-state index in [0.29, 0.717) is 18.7 Å². The fourth-order valence-corrected chi connectivity index (χ4v) is 1.65. The monoisotopic (exact) mass is 285 g/mol. The molecule has 7 heteroatoms. The highest BCUT2D eigenvalue weighted by atomic mass is 32.2. The van der Waals surface area contributed by atoms with E-state index in [9.17, 15) is 9.59 Å². The number of carboxylic acids is 1. The molecule has 0 rings (SSSR count). The van der Waals surface area contributed by atoms with E-state index in [0.717, 1.165) is 6.42 Å². The quantitative estimate of drug-likeness (QED) is 0.426. The molecule has 0 spiro atoms. The van der Waals surface area contributed by atoms with Crippen molar-refractivity contribution in [2.24, 2.45) is 0 Å². The molecule has 0 aliphatic carbocycles. The second-order valence-electron chi connectivity index (χ2n) is 3.76. The first-order valence-corrected chi connectivity index (χ1v) is 7.32. The molecule has 1 unspecified atom stereocenters. The summed E-state index contributed by atoms with van der Waals surface area (Å²) >= 11 is 1.54. The molecule has 1 atom stereocenters. The van der Waals surface area contributed by atoms with E-state index in [4.69, 9.17) is 10.4 Å². The van der Waals surface area contributed by atoms with Gasteiger partial charge in [-0.1, -0.05) is 6.92 Å². The van der Waals surface area contributed by atoms with Gasteiger partial charge < -0.3 is 15.7 Å². The van der Waals surface area contributed by atoms with Crippen molar-refractivity contribution in [3.63, 3.8) is 0 Å². The number of aliphatic carboxylic acids is 1. The van der Waals surface area contributed by atoms with E-state index in [2.05, 4.69) is 10.6 Å². The molecule has 3 N–H and O–H groups in total. The number of nitrogens with one attached hydrogen (secondary N) is 2. The zero-order chi connectivity index (χ0) is 14.7. The lowest BCUT2D eigenvalue weighted by molar-refractivity contribution is -0.139. The number of amides is 1. The Balaban J connectivity index is 4.55. The molecule has 0 bridgehead atoms. The highest BCUT2D eigenvalue weighted by molar-refractivity contribution is 7.98. The number of carbonyl (C=O) groups excluding carboxylic acids is 1. The average Bonchev–Trinajstić information content (AvgIpc) is 2.39. The summed E-state index contributed by atoms with van der Waals surface area (Å²) in [5.41, 5.74) is -0.121. The molecule has 0 saturated heterocycles. The fourth-order valence-electron chi connectivity index (χ4n) is 1.18. The molecule has 1 amide bonds. The van der Waals surface area contributed by atoms with Crippen molar-refractivity contribution in [3.8, 4) is 6.07 Å². The summed E-state index contributed by atoms with van der Waals surface area (Å²) in [5.74, 6) is -0.816. The van der Waals surface area contributed by atoms with Gasteiger partial charge in [0.1, 0.15) is 17.7 Å². The molecule has 0 aromatic heterocycles. The third-order valence-corrected chi connectivity index (χ3v) is 2.88. The van der Waals surface area contributed by atoms with Gasteiger partial charge in [0.25, 0.3) is 5.91 Å². The smallest absolute Gasteiger partial charge is 0.326 e. The second-order valence-corrected chi connectivity index (χ2v) is 4.75. The maximum absolute atomic E-state index is 11.5. The minimum Gasteiger partial charge on any atom is -0.480 e. The molecule has 0 aromatic rings. The molecular weight excluding hydrogens is 266 g/mol. The van der Waals surface area contributed by atoms with Crippen molar-refractivity contribution in [2.45, 2.75) is 25.8 Å². The lowest BCUT2D eigenvalue weighted by Crippen LogP contribution is -2.35. The molecule has 19 heavy (non-hydrogen) atoms. The molecule has 0 aliphatic rings. The van der Waals surface area contributed by atoms with Crippen LogP contribution in [0.25, 0.3) is 0 Å². The lowest BCUT2D eigenvalue weighted by atomic mass is 10.2. The van der Waals surface area contributed by atoms with Crippen LogP contribution in [0.5, 0.6) is 0 Å². The van der Waals surface area contributed by atoms with Crippen molar-refractivity contribution in [2.75, 3.05) is 18.6 Å². The van der Waals surface area contributed by atoms with Crippen LogP contribution < -0.4 is 10.6 Å². The number of hydrogen-bond acceptors (Lipinski definition) is 5. The van der Waals surface area contributed by atoms with E-state index >= 15 is 0 Å². The molecule has 0 radical (unpaired) electrons. The Labute approximate surface area is 117 Å². The maximum atomic E-state index is 11.5. The normalized spacial score (nSPS) is 12.4. The Kier molecular flexibility index (Phi) is 9.35. The van der Waals surface area contributed by atoms with E-state index < -0.39 is 17.9 Å². The van der Waals surface area contributed by atoms with Crippen molar-refractivity contribution < 1.29 is 14.7 Å². The first kappa shape index (κ1) is 17.3. The molecule has 6 nitrogen and oxygen atoms in total. The zero-order valence-corrected chi connectivity index (χ0v) is 11.9. The summed E-state index contributed by atoms with van der Waals surface area (Å²) in [5, 5.41) is 23.0. The van der Waals surface area contributed by atoms with E-state index in [1.54, 1.807) is 6.07 Å². The summed E-state index contributed by atoms with van der Waals surface area (Å²) in [6.45, 7) is 2.38. The van der Waals surface area contributed by atoms with Gasteiger partial charge in [-0.05, 0) is 24.9 Å². The number of hydrogen-bond donors (Lipinski definition) is 3. The fraction of sp³-hybridized carbons (Fsp3) is 0.583. The number of nitrogens with zero attached hydrogens (tertiary/aromatic N) is 1. The third-order valence-electron chi connectivity index (χ3n) is 2.24. The Morgan fingerprint density at radius 3 is 2.68 bits per heavy atom. The van der Waals surface area contributed by atoms with Crippen LogP contribution in [-0.2, 0) is 9.59 Å². The van der Waals surface area contributed by atoms with Gasteiger partial charge >= 0.3 is 5.97 Å². The Bertz CT molecular complexity index is 377. The van der Waals surface area contributed by atoms with Crippen LogP contribution in [0.2, 0.25) is 0 Å². The van der Waals surface area contributed by atoms with Crippen LogP contribution in [0.15, 0.2) is 11.8 Å². The van der Waals surface area contributed by atoms with Crippen LogP contribution in [0.1, 0.15) is 19.8 Å². The molecule has 0 aromatic carbocycles. The minimum atomic E-state index is -1.00. The van der Waals surface area contributed by atoms with Gasteiger partial charge in [0, 0.05) is 12.7 Å². The van der Waals surface area contributed by atoms with Crippen LogP contribution in [0.3, 0.4) is 0 Å². The van der Waals surface area contributed by atoms with Crippen molar-refractivity contribution in [3.05, 3.63) is 11.8 Å². The summed E-state index contributed by atoms with van der Waals surface area (Å²) in [4.78, 5) is 22.5. The second kappa shape index (κ2) is 10.3. The highest BCUT2D eigenvalue weighted by Gasteiger charge is 2.16. The number of thioether (sulfide) groups is 1. The van der Waals surface area contributed by atoms with Crippen molar-refractivity contribution in [1.29, 1.82) is 5.26 Å². The SMILES string of the molecule is CCCNC(=O)/C(C#N)=C\NC(CCSC)C(=O)O. The van der Waals surface area contributed by atoms with Crippen molar-refractivity contribution in [1.82, 2.24) is 10.6 Å². The standard InChI is InChI=1S/C12H19N3O3S/c1-3-5-14-11(16)9(7-13)8-15-10(12(17)18)4-6-19-2/h8,10,15H,3-6H2,1-2H3,(H,14,16)(H,17,18)/b9-8-. The van der Waals surface area contributed by atoms with Gasteiger partial charge in [-0.2, -0.15) is 17.0 Å². The van der Waals surface area contributed by atoms with Crippen LogP contribution in [0, 0.1) is 11.3 Å². The third kappa shape index (κ3) is 7.36. The molecular formula is C12H19N3O3S. The van der Waals surface area contributed by atoms with Crippen molar-refractivity contribution >= 4 is 23.6 Å². The molecule has 106 valence electrons. The van der Waals surface area contributed by atoms with E-state index in [1.807, 2.05) is 13.2 Å². The first-order chi connectivity index (χ1) is 9.06. The van der Waals surface area contributed by atoms with Gasteiger partial charge in [-0.15, -0.1) is 0 Å². The Hall–Kier alpha value is -1.68. The molecule has 0 saturated carbocycles. The summed E-state index contributed by atoms with van der Waals surface area (Å²) in [7, 11) is 0. The maximum Gasteiger partial charge on any atom is 0.326 e. The average molecular weight is 285 g/mol. The summed E-state index contributed by atoms with van der Waals surface area (Å²) in [6.07, 6.45) is 4.24. The first-order valence-electron chi connectivity index (χ1n) is 5.93. The molecule has 0 aliphatic heterocycles. The topological polar surface area (TPSA) is 102 Å². The van der Waals surface area contributed by atoms with Crippen LogP contribution in [0.4, 0.5) is 0 Å². The predicted octanol–water partition coefficient (Wildman–Crippen LogP) is 0.716. The van der Waals surface area contributed by atoms with E-state index in [-0.39, 0.29) is 5.57 Å². The molecule has 0 fully saturated rings. The lowest BCUT2D eigenvalue weighted by Gasteiger charge is -2.12. The summed E-state index contributed by atoms with van der Waals surface area (Å²) < 4.78 is 0. The number of rotatable bonds is 9. The van der Waals surface area contributed by atoms with Gasteiger partial charge in [0.05, 0.1) is 0 Å². The van der Waals surface area contributed by atoms with Crippen LogP contribution in [-0.4, -0.2) is 41.6 Å². The van der Waals surface area contributed by atoms with Gasteiger partial charge in [0.15, 0.2) is 0 Å².